The Balaban J connectivity index is 1.80. The molecule has 0 radical (unpaired) electrons. The number of benzene rings is 1. The van der Waals surface area contributed by atoms with Crippen LogP contribution in [-0.2, 0) is 0 Å². The molecule has 98 valence electrons. The topological polar surface area (TPSA) is 23.5 Å². The Labute approximate surface area is 110 Å². The number of rotatable bonds is 5. The maximum absolute atomic E-state index is 10.2. The van der Waals surface area contributed by atoms with Gasteiger partial charge in [-0.05, 0) is 37.8 Å². The van der Waals surface area contributed by atoms with Crippen molar-refractivity contribution in [2.45, 2.75) is 25.4 Å². The van der Waals surface area contributed by atoms with Gasteiger partial charge in [-0.25, -0.2) is 0 Å². The van der Waals surface area contributed by atoms with Crippen LogP contribution >= 0.6 is 0 Å². The molecule has 0 saturated heterocycles. The minimum absolute atomic E-state index is 0.379. The fraction of sp³-hybridized carbons (Fsp3) is 0.500. The molecule has 0 fully saturated rings. The first-order valence-electron chi connectivity index (χ1n) is 6.82. The fourth-order valence-electron chi connectivity index (χ4n) is 2.61. The van der Waals surface area contributed by atoms with Gasteiger partial charge in [-0.15, -0.1) is 0 Å². The molecule has 1 aliphatic carbocycles. The Morgan fingerprint density at radius 1 is 1.28 bits per heavy atom. The number of aliphatic hydroxyl groups excluding tert-OH is 1. The van der Waals surface area contributed by atoms with Crippen LogP contribution in [0.4, 0.5) is 0 Å². The lowest BCUT2D eigenvalue weighted by Gasteiger charge is -2.26. The summed E-state index contributed by atoms with van der Waals surface area (Å²) in [5.74, 6) is 0.753. The van der Waals surface area contributed by atoms with E-state index in [1.165, 1.54) is 19.3 Å². The molecule has 2 rings (SSSR count). The van der Waals surface area contributed by atoms with Crippen molar-refractivity contribution in [3.8, 4) is 0 Å². The van der Waals surface area contributed by atoms with Gasteiger partial charge in [0.2, 0.25) is 0 Å². The van der Waals surface area contributed by atoms with E-state index in [1.807, 2.05) is 30.3 Å². The molecule has 1 aromatic rings. The number of likely N-dealkylation sites (N-methyl/N-ethyl adjacent to an activating group) is 1. The fourth-order valence-corrected chi connectivity index (χ4v) is 2.61. The van der Waals surface area contributed by atoms with Crippen molar-refractivity contribution < 1.29 is 5.11 Å². The zero-order valence-electron chi connectivity index (χ0n) is 11.1. The van der Waals surface area contributed by atoms with Crippen molar-refractivity contribution in [3.05, 3.63) is 48.0 Å². The third-order valence-corrected chi connectivity index (χ3v) is 3.62. The Morgan fingerprint density at radius 3 is 2.72 bits per heavy atom. The van der Waals surface area contributed by atoms with Crippen molar-refractivity contribution in [1.82, 2.24) is 4.90 Å². The van der Waals surface area contributed by atoms with Crippen LogP contribution in [0.2, 0.25) is 0 Å². The quantitative estimate of drug-likeness (QED) is 0.806. The molecule has 18 heavy (non-hydrogen) atoms. The van der Waals surface area contributed by atoms with Crippen LogP contribution in [0.25, 0.3) is 0 Å². The molecule has 1 aromatic carbocycles. The zero-order valence-corrected chi connectivity index (χ0v) is 11.1. The molecule has 0 heterocycles. The van der Waals surface area contributed by atoms with Gasteiger partial charge in [0.25, 0.3) is 0 Å². The van der Waals surface area contributed by atoms with Crippen LogP contribution < -0.4 is 0 Å². The van der Waals surface area contributed by atoms with Gasteiger partial charge in [-0.2, -0.15) is 0 Å². The maximum atomic E-state index is 10.2. The summed E-state index contributed by atoms with van der Waals surface area (Å²) in [6, 6.07) is 9.91. The van der Waals surface area contributed by atoms with Crippen LogP contribution in [-0.4, -0.2) is 30.1 Å². The summed E-state index contributed by atoms with van der Waals surface area (Å²) < 4.78 is 0. The van der Waals surface area contributed by atoms with E-state index in [4.69, 9.17) is 0 Å². The van der Waals surface area contributed by atoms with E-state index in [0.717, 1.165) is 18.0 Å². The SMILES string of the molecule is CN(CC1CC=CCC1)CC(O)c1ccccc1. The summed E-state index contributed by atoms with van der Waals surface area (Å²) in [6.45, 7) is 1.79. The normalized spacial score (nSPS) is 21.2. The van der Waals surface area contributed by atoms with E-state index >= 15 is 0 Å². The van der Waals surface area contributed by atoms with Gasteiger partial charge in [-0.3, -0.25) is 0 Å². The van der Waals surface area contributed by atoms with Crippen LogP contribution in [0, 0.1) is 5.92 Å². The molecule has 0 aliphatic heterocycles. The molecule has 1 N–H and O–H groups in total. The first-order chi connectivity index (χ1) is 8.75. The van der Waals surface area contributed by atoms with Gasteiger partial charge >= 0.3 is 0 Å². The summed E-state index contributed by atoms with van der Waals surface area (Å²) in [5.41, 5.74) is 1.01. The highest BCUT2D eigenvalue weighted by molar-refractivity contribution is 5.17. The van der Waals surface area contributed by atoms with Gasteiger partial charge < -0.3 is 10.0 Å². The van der Waals surface area contributed by atoms with Crippen molar-refractivity contribution in [2.24, 2.45) is 5.92 Å². The van der Waals surface area contributed by atoms with E-state index in [0.29, 0.717) is 6.54 Å². The molecule has 2 nitrogen and oxygen atoms in total. The molecule has 2 unspecified atom stereocenters. The largest absolute Gasteiger partial charge is 0.387 e. The second kappa shape index (κ2) is 6.72. The van der Waals surface area contributed by atoms with Crippen molar-refractivity contribution >= 4 is 0 Å². The number of hydrogen-bond acceptors (Lipinski definition) is 2. The first kappa shape index (κ1) is 13.3. The second-order valence-corrected chi connectivity index (χ2v) is 5.30. The van der Waals surface area contributed by atoms with Crippen LogP contribution in [0.3, 0.4) is 0 Å². The number of nitrogens with zero attached hydrogens (tertiary/aromatic N) is 1. The van der Waals surface area contributed by atoms with Crippen molar-refractivity contribution in [3.63, 3.8) is 0 Å². The lowest BCUT2D eigenvalue weighted by Crippen LogP contribution is -2.30. The molecular formula is C16H23NO. The van der Waals surface area contributed by atoms with Gasteiger partial charge in [0.1, 0.15) is 0 Å². The smallest absolute Gasteiger partial charge is 0.0916 e. The van der Waals surface area contributed by atoms with Crippen molar-refractivity contribution in [1.29, 1.82) is 0 Å². The summed E-state index contributed by atoms with van der Waals surface area (Å²) in [6.07, 6.45) is 7.86. The molecule has 2 heteroatoms. The summed E-state index contributed by atoms with van der Waals surface area (Å²) in [4.78, 5) is 2.25. The molecule has 0 spiro atoms. The number of hydrogen-bond donors (Lipinski definition) is 1. The third-order valence-electron chi connectivity index (χ3n) is 3.62. The maximum Gasteiger partial charge on any atom is 0.0916 e. The minimum atomic E-state index is -0.379. The Morgan fingerprint density at radius 2 is 2.06 bits per heavy atom. The zero-order chi connectivity index (χ0) is 12.8. The number of allylic oxidation sites excluding steroid dienone is 2. The summed E-state index contributed by atoms with van der Waals surface area (Å²) in [5, 5.41) is 10.2. The van der Waals surface area contributed by atoms with Gasteiger partial charge in [0.05, 0.1) is 6.10 Å². The monoisotopic (exact) mass is 245 g/mol. The van der Waals surface area contributed by atoms with Crippen LogP contribution in [0.5, 0.6) is 0 Å². The molecule has 0 saturated carbocycles. The van der Waals surface area contributed by atoms with E-state index in [2.05, 4.69) is 24.1 Å². The molecule has 0 bridgehead atoms. The lowest BCUT2D eigenvalue weighted by molar-refractivity contribution is 0.117. The van der Waals surface area contributed by atoms with Crippen LogP contribution in [0.1, 0.15) is 30.9 Å². The van der Waals surface area contributed by atoms with E-state index in [9.17, 15) is 5.11 Å². The molecular weight excluding hydrogens is 222 g/mol. The Bertz CT molecular complexity index is 374. The minimum Gasteiger partial charge on any atom is -0.387 e. The highest BCUT2D eigenvalue weighted by Crippen LogP contribution is 2.20. The van der Waals surface area contributed by atoms with Gasteiger partial charge in [0, 0.05) is 13.1 Å². The van der Waals surface area contributed by atoms with E-state index in [1.54, 1.807) is 0 Å². The van der Waals surface area contributed by atoms with Gasteiger partial charge in [-0.1, -0.05) is 42.5 Å². The predicted octanol–water partition coefficient (Wildman–Crippen LogP) is 3.01. The average Bonchev–Trinajstić information content (AvgIpc) is 2.40. The van der Waals surface area contributed by atoms with Crippen LogP contribution in [0.15, 0.2) is 42.5 Å². The van der Waals surface area contributed by atoms with Gasteiger partial charge in [0.15, 0.2) is 0 Å². The second-order valence-electron chi connectivity index (χ2n) is 5.30. The molecule has 1 aliphatic rings. The Hall–Kier alpha value is -1.12. The number of aliphatic hydroxyl groups is 1. The van der Waals surface area contributed by atoms with E-state index in [-0.39, 0.29) is 6.10 Å². The third kappa shape index (κ3) is 3.97. The lowest BCUT2D eigenvalue weighted by atomic mass is 9.94. The first-order valence-corrected chi connectivity index (χ1v) is 6.82. The average molecular weight is 245 g/mol. The summed E-state index contributed by atoms with van der Waals surface area (Å²) >= 11 is 0. The Kier molecular flexibility index (Phi) is 4.97. The van der Waals surface area contributed by atoms with E-state index < -0.39 is 0 Å². The predicted molar refractivity (Wildman–Crippen MR) is 75.4 cm³/mol. The highest BCUT2D eigenvalue weighted by atomic mass is 16.3. The molecule has 0 amide bonds. The molecule has 2 atom stereocenters. The molecule has 0 aromatic heterocycles. The standard InChI is InChI=1S/C16H23NO/c1-17(12-14-8-4-2-5-9-14)13-16(18)15-10-6-3-7-11-15/h2-4,6-7,10-11,14,16,18H,5,8-9,12-13H2,1H3. The van der Waals surface area contributed by atoms with Crippen molar-refractivity contribution in [2.75, 3.05) is 20.1 Å². The highest BCUT2D eigenvalue weighted by Gasteiger charge is 2.15. The summed E-state index contributed by atoms with van der Waals surface area (Å²) in [7, 11) is 2.10.